The van der Waals surface area contributed by atoms with E-state index in [-0.39, 0.29) is 23.9 Å². The van der Waals surface area contributed by atoms with Crippen LogP contribution in [-0.4, -0.2) is 29.8 Å². The topological polar surface area (TPSA) is 62.3 Å². The van der Waals surface area contributed by atoms with E-state index in [1.807, 2.05) is 29.2 Å². The van der Waals surface area contributed by atoms with Gasteiger partial charge in [0.25, 0.3) is 0 Å². The maximum absolute atomic E-state index is 13.4. The van der Waals surface area contributed by atoms with Crippen LogP contribution in [0.1, 0.15) is 70.0 Å². The van der Waals surface area contributed by atoms with E-state index in [0.717, 1.165) is 43.2 Å². The Bertz CT molecular complexity index is 822. The molecule has 1 N–H and O–H groups in total. The Kier molecular flexibility index (Phi) is 7.24. The molecule has 0 spiro atoms. The van der Waals surface area contributed by atoms with Gasteiger partial charge in [0.15, 0.2) is 0 Å². The number of benzene rings is 1. The van der Waals surface area contributed by atoms with Crippen LogP contribution in [0, 0.1) is 0 Å². The monoisotopic (exact) mass is 407 g/mol. The second-order valence-corrected chi connectivity index (χ2v) is 9.15. The van der Waals surface area contributed by atoms with Crippen molar-refractivity contribution < 1.29 is 9.59 Å². The zero-order chi connectivity index (χ0) is 21.6. The van der Waals surface area contributed by atoms with E-state index in [9.17, 15) is 9.59 Å². The zero-order valence-electron chi connectivity index (χ0n) is 18.3. The van der Waals surface area contributed by atoms with Crippen LogP contribution in [0.25, 0.3) is 0 Å². The van der Waals surface area contributed by atoms with E-state index in [4.69, 9.17) is 0 Å². The highest BCUT2D eigenvalue weighted by Gasteiger charge is 2.30. The SMILES string of the molecule is CC(C)(C)c1ccc(N(CC=O)C(C(=O)NC2CCCCC2)c2cccnc2)cc1. The molecule has 5 nitrogen and oxygen atoms in total. The average molecular weight is 408 g/mol. The van der Waals surface area contributed by atoms with Crippen LogP contribution in [0.3, 0.4) is 0 Å². The molecule has 1 aliphatic rings. The van der Waals surface area contributed by atoms with Crippen LogP contribution in [-0.2, 0) is 15.0 Å². The highest BCUT2D eigenvalue weighted by Crippen LogP contribution is 2.30. The minimum absolute atomic E-state index is 0.0368. The minimum atomic E-state index is -0.605. The van der Waals surface area contributed by atoms with Crippen molar-refractivity contribution in [2.45, 2.75) is 70.4 Å². The van der Waals surface area contributed by atoms with E-state index in [0.29, 0.717) is 0 Å². The summed E-state index contributed by atoms with van der Waals surface area (Å²) in [6.45, 7) is 6.64. The van der Waals surface area contributed by atoms with Crippen molar-refractivity contribution in [3.63, 3.8) is 0 Å². The molecule has 1 aromatic heterocycles. The maximum atomic E-state index is 13.4. The van der Waals surface area contributed by atoms with Crippen molar-refractivity contribution in [1.29, 1.82) is 0 Å². The van der Waals surface area contributed by atoms with Crippen LogP contribution in [0.4, 0.5) is 5.69 Å². The number of carbonyl (C=O) groups is 2. The van der Waals surface area contributed by atoms with E-state index in [1.165, 1.54) is 12.0 Å². The van der Waals surface area contributed by atoms with E-state index >= 15 is 0 Å². The van der Waals surface area contributed by atoms with Gasteiger partial charge in [-0.15, -0.1) is 0 Å². The normalized spacial score (nSPS) is 16.0. The van der Waals surface area contributed by atoms with Crippen molar-refractivity contribution in [2.24, 2.45) is 0 Å². The van der Waals surface area contributed by atoms with Gasteiger partial charge >= 0.3 is 0 Å². The van der Waals surface area contributed by atoms with Gasteiger partial charge in [0.2, 0.25) is 5.91 Å². The lowest BCUT2D eigenvalue weighted by molar-refractivity contribution is -0.123. The molecule has 0 radical (unpaired) electrons. The van der Waals surface area contributed by atoms with Crippen LogP contribution in [0.5, 0.6) is 0 Å². The molecule has 0 bridgehead atoms. The lowest BCUT2D eigenvalue weighted by Gasteiger charge is -2.34. The van der Waals surface area contributed by atoms with Gasteiger partial charge in [-0.1, -0.05) is 58.2 Å². The molecular formula is C25H33N3O2. The summed E-state index contributed by atoms with van der Waals surface area (Å²) in [7, 11) is 0. The molecule has 0 aliphatic heterocycles. The number of amides is 1. The van der Waals surface area contributed by atoms with Gasteiger partial charge in [-0.25, -0.2) is 0 Å². The van der Waals surface area contributed by atoms with E-state index in [1.54, 1.807) is 12.4 Å². The second-order valence-electron chi connectivity index (χ2n) is 9.15. The maximum Gasteiger partial charge on any atom is 0.247 e. The molecule has 1 amide bonds. The average Bonchev–Trinajstić information content (AvgIpc) is 2.74. The number of hydrogen-bond acceptors (Lipinski definition) is 4. The van der Waals surface area contributed by atoms with Gasteiger partial charge < -0.3 is 15.0 Å². The van der Waals surface area contributed by atoms with Crippen molar-refractivity contribution in [1.82, 2.24) is 10.3 Å². The number of rotatable bonds is 7. The minimum Gasteiger partial charge on any atom is -0.351 e. The van der Waals surface area contributed by atoms with Gasteiger partial charge in [0.05, 0.1) is 6.54 Å². The summed E-state index contributed by atoms with van der Waals surface area (Å²) >= 11 is 0. The second kappa shape index (κ2) is 9.88. The van der Waals surface area contributed by atoms with Gasteiger partial charge in [-0.2, -0.15) is 0 Å². The molecule has 1 aliphatic carbocycles. The number of aromatic nitrogens is 1. The molecule has 1 unspecified atom stereocenters. The van der Waals surface area contributed by atoms with Crippen LogP contribution < -0.4 is 10.2 Å². The van der Waals surface area contributed by atoms with Crippen molar-refractivity contribution in [3.8, 4) is 0 Å². The third kappa shape index (κ3) is 5.47. The number of nitrogens with one attached hydrogen (secondary N) is 1. The molecule has 0 saturated heterocycles. The van der Waals surface area contributed by atoms with Crippen LogP contribution >= 0.6 is 0 Å². The predicted molar refractivity (Wildman–Crippen MR) is 121 cm³/mol. The van der Waals surface area contributed by atoms with Gasteiger partial charge in [0.1, 0.15) is 12.3 Å². The molecule has 2 aromatic rings. The fourth-order valence-electron chi connectivity index (χ4n) is 4.13. The Morgan fingerprint density at radius 3 is 2.43 bits per heavy atom. The first kappa shape index (κ1) is 22.0. The Morgan fingerprint density at radius 2 is 1.87 bits per heavy atom. The van der Waals surface area contributed by atoms with Crippen LogP contribution in [0.15, 0.2) is 48.8 Å². The summed E-state index contributed by atoms with van der Waals surface area (Å²) < 4.78 is 0. The number of aldehydes is 1. The first-order valence-electron chi connectivity index (χ1n) is 10.9. The summed E-state index contributed by atoms with van der Waals surface area (Å²) in [6.07, 6.45) is 9.82. The highest BCUT2D eigenvalue weighted by atomic mass is 16.2. The number of carbonyl (C=O) groups excluding carboxylic acids is 2. The highest BCUT2D eigenvalue weighted by molar-refractivity contribution is 5.88. The quantitative estimate of drug-likeness (QED) is 0.683. The molecule has 3 rings (SSSR count). The standard InChI is InChI=1S/C25H33N3O2/c1-25(2,3)20-11-13-22(14-12-20)28(16-17-29)23(19-8-7-15-26-18-19)24(30)27-21-9-5-4-6-10-21/h7-8,11-15,17-18,21,23H,4-6,9-10,16H2,1-3H3,(H,27,30). The predicted octanol–water partition coefficient (Wildman–Crippen LogP) is 4.57. The number of hydrogen-bond donors (Lipinski definition) is 1. The Labute approximate surface area is 179 Å². The number of pyridine rings is 1. The third-order valence-electron chi connectivity index (χ3n) is 5.85. The van der Waals surface area contributed by atoms with Crippen molar-refractivity contribution >= 4 is 17.9 Å². The van der Waals surface area contributed by atoms with Gasteiger partial charge in [-0.05, 0) is 42.0 Å². The van der Waals surface area contributed by atoms with Crippen molar-refractivity contribution in [2.75, 3.05) is 11.4 Å². The van der Waals surface area contributed by atoms with Crippen molar-refractivity contribution in [3.05, 3.63) is 59.9 Å². The van der Waals surface area contributed by atoms with Gasteiger partial charge in [-0.3, -0.25) is 9.78 Å². The summed E-state index contributed by atoms with van der Waals surface area (Å²) in [5.41, 5.74) is 2.88. The first-order chi connectivity index (χ1) is 14.4. The molecule has 1 aromatic carbocycles. The number of anilines is 1. The Morgan fingerprint density at radius 1 is 1.17 bits per heavy atom. The molecule has 1 atom stereocenters. The first-order valence-corrected chi connectivity index (χ1v) is 10.9. The smallest absolute Gasteiger partial charge is 0.247 e. The zero-order valence-corrected chi connectivity index (χ0v) is 18.3. The molecule has 1 fully saturated rings. The Balaban J connectivity index is 1.93. The summed E-state index contributed by atoms with van der Waals surface area (Å²) in [6, 6.07) is 11.5. The van der Waals surface area contributed by atoms with Crippen LogP contribution in [0.2, 0.25) is 0 Å². The lowest BCUT2D eigenvalue weighted by Crippen LogP contribution is -2.46. The largest absolute Gasteiger partial charge is 0.351 e. The molecule has 5 heteroatoms. The van der Waals surface area contributed by atoms with E-state index < -0.39 is 6.04 Å². The van der Waals surface area contributed by atoms with Gasteiger partial charge in [0, 0.05) is 29.7 Å². The molecular weight excluding hydrogens is 374 g/mol. The fraction of sp³-hybridized carbons (Fsp3) is 0.480. The Hall–Kier alpha value is -2.69. The summed E-state index contributed by atoms with van der Waals surface area (Å²) in [5, 5.41) is 3.24. The molecule has 160 valence electrons. The van der Waals surface area contributed by atoms with E-state index in [2.05, 4.69) is 43.2 Å². The molecule has 30 heavy (non-hydrogen) atoms. The molecule has 1 saturated carbocycles. The summed E-state index contributed by atoms with van der Waals surface area (Å²) in [4.78, 5) is 31.1. The number of nitrogens with zero attached hydrogens (tertiary/aromatic N) is 2. The fourth-order valence-corrected chi connectivity index (χ4v) is 4.13. The third-order valence-corrected chi connectivity index (χ3v) is 5.85. The molecule has 1 heterocycles. The summed E-state index contributed by atoms with van der Waals surface area (Å²) in [5.74, 6) is -0.0725. The lowest BCUT2D eigenvalue weighted by atomic mass is 9.87.